The van der Waals surface area contributed by atoms with E-state index in [1.54, 1.807) is 24.3 Å². The highest BCUT2D eigenvalue weighted by molar-refractivity contribution is 6.33. The third-order valence-corrected chi connectivity index (χ3v) is 3.94. The number of rotatable bonds is 7. The fourth-order valence-electron chi connectivity index (χ4n) is 2.24. The van der Waals surface area contributed by atoms with Crippen molar-refractivity contribution in [3.63, 3.8) is 0 Å². The molecule has 3 aromatic rings. The molecule has 2 amide bonds. The van der Waals surface area contributed by atoms with Gasteiger partial charge in [-0.3, -0.25) is 46.4 Å². The van der Waals surface area contributed by atoms with Gasteiger partial charge in [-0.15, -0.1) is 0 Å². The predicted molar refractivity (Wildman–Crippen MR) is 107 cm³/mol. The van der Waals surface area contributed by atoms with E-state index in [-0.39, 0.29) is 27.9 Å². The molecule has 0 aliphatic heterocycles. The normalized spacial score (nSPS) is 10.0. The number of halogens is 1. The van der Waals surface area contributed by atoms with Crippen LogP contribution >= 0.6 is 11.6 Å². The highest BCUT2D eigenvalue weighted by Gasteiger charge is 2.24. The molecule has 0 aliphatic rings. The van der Waals surface area contributed by atoms with Crippen LogP contribution < -0.4 is 21.7 Å². The summed E-state index contributed by atoms with van der Waals surface area (Å²) in [5.74, 6) is -1.89. The van der Waals surface area contributed by atoms with Crippen molar-refractivity contribution in [1.29, 1.82) is 0 Å². The Morgan fingerprint density at radius 2 is 1.53 bits per heavy atom. The van der Waals surface area contributed by atoms with E-state index in [0.29, 0.717) is 0 Å². The molecule has 4 N–H and O–H groups in total. The van der Waals surface area contributed by atoms with Gasteiger partial charge < -0.3 is 0 Å². The first-order chi connectivity index (χ1) is 14.5. The highest BCUT2D eigenvalue weighted by atomic mass is 35.5. The molecule has 0 unspecified atom stereocenters. The maximum absolute atomic E-state index is 12.2. The number of benzene rings is 1. The van der Waals surface area contributed by atoms with Gasteiger partial charge in [-0.25, -0.2) is 9.97 Å². The van der Waals surface area contributed by atoms with Gasteiger partial charge in [0.2, 0.25) is 11.6 Å². The lowest BCUT2D eigenvalue weighted by atomic mass is 10.2. The third-order valence-electron chi connectivity index (χ3n) is 3.61. The first-order valence-corrected chi connectivity index (χ1v) is 8.63. The summed E-state index contributed by atoms with van der Waals surface area (Å²) in [6.45, 7) is 0. The molecule has 0 aliphatic carbocycles. The third kappa shape index (κ3) is 4.74. The molecule has 0 saturated heterocycles. The molecule has 0 bridgehead atoms. The zero-order valence-electron chi connectivity index (χ0n) is 15.0. The Kier molecular flexibility index (Phi) is 6.29. The van der Waals surface area contributed by atoms with Crippen molar-refractivity contribution < 1.29 is 14.5 Å². The Morgan fingerprint density at radius 1 is 0.900 bits per heavy atom. The van der Waals surface area contributed by atoms with Crippen LogP contribution in [0, 0.1) is 10.1 Å². The molecule has 12 nitrogen and oxygen atoms in total. The molecular weight excluding hydrogens is 416 g/mol. The van der Waals surface area contributed by atoms with Crippen molar-refractivity contribution in [2.75, 3.05) is 10.9 Å². The van der Waals surface area contributed by atoms with E-state index in [1.165, 1.54) is 24.4 Å². The lowest BCUT2D eigenvalue weighted by Crippen LogP contribution is -2.32. The van der Waals surface area contributed by atoms with E-state index in [1.807, 2.05) is 0 Å². The summed E-state index contributed by atoms with van der Waals surface area (Å²) in [6, 6.07) is 11.0. The van der Waals surface area contributed by atoms with E-state index in [9.17, 15) is 19.7 Å². The molecule has 2 aromatic heterocycles. The zero-order valence-corrected chi connectivity index (χ0v) is 15.8. The number of nitrogens with one attached hydrogen (secondary N) is 4. The number of hydrogen-bond donors (Lipinski definition) is 4. The van der Waals surface area contributed by atoms with Crippen LogP contribution in [0.25, 0.3) is 0 Å². The van der Waals surface area contributed by atoms with Crippen LogP contribution in [0.1, 0.15) is 20.8 Å². The number of nitro groups is 1. The van der Waals surface area contributed by atoms with Crippen LogP contribution in [0.5, 0.6) is 0 Å². The van der Waals surface area contributed by atoms with Crippen LogP contribution in [-0.4, -0.2) is 31.7 Å². The van der Waals surface area contributed by atoms with Gasteiger partial charge in [0.15, 0.2) is 0 Å². The molecule has 0 saturated carbocycles. The lowest BCUT2D eigenvalue weighted by molar-refractivity contribution is -0.383. The maximum atomic E-state index is 12.2. The number of pyridine rings is 1. The minimum absolute atomic E-state index is 0.0899. The van der Waals surface area contributed by atoms with Gasteiger partial charge >= 0.3 is 5.69 Å². The quantitative estimate of drug-likeness (QED) is 0.325. The maximum Gasteiger partial charge on any atom is 0.356 e. The minimum atomic E-state index is -0.779. The van der Waals surface area contributed by atoms with Crippen LogP contribution in [0.3, 0.4) is 0 Å². The van der Waals surface area contributed by atoms with Crippen LogP contribution in [0.15, 0.2) is 55.0 Å². The van der Waals surface area contributed by atoms with E-state index in [4.69, 9.17) is 11.6 Å². The molecule has 3 rings (SSSR count). The van der Waals surface area contributed by atoms with Gasteiger partial charge in [0.25, 0.3) is 11.8 Å². The summed E-state index contributed by atoms with van der Waals surface area (Å²) in [6.07, 6.45) is 2.43. The van der Waals surface area contributed by atoms with Crippen LogP contribution in [0.4, 0.5) is 17.3 Å². The molecule has 13 heteroatoms. The zero-order chi connectivity index (χ0) is 21.5. The van der Waals surface area contributed by atoms with Crippen molar-refractivity contribution in [3.8, 4) is 0 Å². The second-order valence-corrected chi connectivity index (χ2v) is 5.94. The summed E-state index contributed by atoms with van der Waals surface area (Å²) in [4.78, 5) is 46.4. The van der Waals surface area contributed by atoms with Gasteiger partial charge in [0.05, 0.1) is 15.5 Å². The Hall–Kier alpha value is -4.32. The topological polar surface area (TPSA) is 164 Å². The molecule has 152 valence electrons. The van der Waals surface area contributed by atoms with E-state index in [2.05, 4.69) is 36.7 Å². The number of aromatic nitrogens is 3. The standard InChI is InChI=1S/C17H13ClN8O4/c18-11-6-2-1-5-10(11)16(27)24-22-14-13(26(29)30)15(21-9-20-14)23-25-17(28)12-7-3-4-8-19-12/h1-9H,(H,24,27)(H,25,28)(H2,20,21,22,23). The first kappa shape index (κ1) is 20.4. The van der Waals surface area contributed by atoms with Crippen molar-refractivity contribution in [2.24, 2.45) is 0 Å². The van der Waals surface area contributed by atoms with Crippen molar-refractivity contribution in [1.82, 2.24) is 25.8 Å². The van der Waals surface area contributed by atoms with Gasteiger partial charge in [-0.1, -0.05) is 29.8 Å². The summed E-state index contributed by atoms with van der Waals surface area (Å²) in [5.41, 5.74) is 8.89. The number of carbonyl (C=O) groups excluding carboxylic acids is 2. The van der Waals surface area contributed by atoms with Gasteiger partial charge in [-0.2, -0.15) is 0 Å². The predicted octanol–water partition coefficient (Wildman–Crippen LogP) is 1.95. The Balaban J connectivity index is 1.74. The SMILES string of the molecule is O=C(NNc1ncnc(NNC(=O)c2ccccc2Cl)c1[N+](=O)[O-])c1ccccn1. The first-order valence-electron chi connectivity index (χ1n) is 8.25. The van der Waals surface area contributed by atoms with Gasteiger partial charge in [-0.05, 0) is 24.3 Å². The van der Waals surface area contributed by atoms with Crippen molar-refractivity contribution in [3.05, 3.63) is 81.4 Å². The minimum Gasteiger partial charge on any atom is -0.276 e. The average Bonchev–Trinajstić information content (AvgIpc) is 2.76. The number of amides is 2. The molecular formula is C17H13ClN8O4. The van der Waals surface area contributed by atoms with Crippen LogP contribution in [0.2, 0.25) is 5.02 Å². The van der Waals surface area contributed by atoms with E-state index >= 15 is 0 Å². The lowest BCUT2D eigenvalue weighted by Gasteiger charge is -2.11. The largest absolute Gasteiger partial charge is 0.356 e. The van der Waals surface area contributed by atoms with E-state index in [0.717, 1.165) is 6.33 Å². The van der Waals surface area contributed by atoms with Crippen molar-refractivity contribution in [2.45, 2.75) is 0 Å². The molecule has 0 atom stereocenters. The number of carbonyl (C=O) groups is 2. The van der Waals surface area contributed by atoms with E-state index < -0.39 is 22.4 Å². The average molecular weight is 429 g/mol. The number of nitrogens with zero attached hydrogens (tertiary/aromatic N) is 4. The fraction of sp³-hybridized carbons (Fsp3) is 0. The summed E-state index contributed by atoms with van der Waals surface area (Å²) < 4.78 is 0. The molecule has 1 aromatic carbocycles. The molecule has 30 heavy (non-hydrogen) atoms. The van der Waals surface area contributed by atoms with Gasteiger partial charge in [0, 0.05) is 6.20 Å². The highest BCUT2D eigenvalue weighted by Crippen LogP contribution is 2.28. The molecule has 0 radical (unpaired) electrons. The Labute approximate surface area is 173 Å². The van der Waals surface area contributed by atoms with Crippen molar-refractivity contribution >= 4 is 40.7 Å². The number of hydrogen-bond acceptors (Lipinski definition) is 9. The monoisotopic (exact) mass is 428 g/mol. The number of hydrazine groups is 2. The summed E-state index contributed by atoms with van der Waals surface area (Å²) in [7, 11) is 0. The molecule has 2 heterocycles. The fourth-order valence-corrected chi connectivity index (χ4v) is 2.46. The Morgan fingerprint density at radius 3 is 2.13 bits per heavy atom. The summed E-state index contributed by atoms with van der Waals surface area (Å²) >= 11 is 5.95. The molecule has 0 fully saturated rings. The van der Waals surface area contributed by atoms with Gasteiger partial charge in [0.1, 0.15) is 12.0 Å². The van der Waals surface area contributed by atoms with Crippen LogP contribution in [-0.2, 0) is 0 Å². The second-order valence-electron chi connectivity index (χ2n) is 5.53. The second kappa shape index (κ2) is 9.25. The molecule has 0 spiro atoms. The number of anilines is 2. The smallest absolute Gasteiger partial charge is 0.276 e. The Bertz CT molecular complexity index is 1100. The summed E-state index contributed by atoms with van der Waals surface area (Å²) in [5, 5.41) is 11.7.